The van der Waals surface area contributed by atoms with E-state index >= 15 is 0 Å². The van der Waals surface area contributed by atoms with Gasteiger partial charge in [-0.15, -0.1) is 0 Å². The van der Waals surface area contributed by atoms with Crippen molar-refractivity contribution in [3.63, 3.8) is 0 Å². The molecule has 0 spiro atoms. The number of fused-ring (bicyclic) bond motifs is 1. The standard InChI is InChI=1S/C30H29FN4O4/c1-32-29(37)26-13-8-21(16-33-26)19-4-2-18(3-5-19)17-35-15-14-23-25(31)12-11-24(27(23)35)28(36)34-22-9-6-20(7-10-22)30(38)39/h2-5,8,11-16,20,22H,6-7,9-10,17H2,1H3,(H,32,37)(H,34,36)(H,38,39). The fourth-order valence-corrected chi connectivity index (χ4v) is 5.18. The molecule has 1 saturated carbocycles. The molecule has 0 radical (unpaired) electrons. The SMILES string of the molecule is CNC(=O)c1ccc(-c2ccc(Cn3ccc4c(F)ccc(C(=O)NC5CCC(C(=O)O)CC5)c43)cc2)cn1. The van der Waals surface area contributed by atoms with Crippen LogP contribution in [0.1, 0.15) is 52.1 Å². The van der Waals surface area contributed by atoms with Gasteiger partial charge in [-0.2, -0.15) is 0 Å². The summed E-state index contributed by atoms with van der Waals surface area (Å²) in [6.45, 7) is 0.436. The number of nitrogens with zero attached hydrogens (tertiary/aromatic N) is 2. The first kappa shape index (κ1) is 26.1. The van der Waals surface area contributed by atoms with Gasteiger partial charge in [0, 0.05) is 43.0 Å². The Labute approximate surface area is 224 Å². The van der Waals surface area contributed by atoms with Gasteiger partial charge in [-0.25, -0.2) is 4.39 Å². The van der Waals surface area contributed by atoms with E-state index in [4.69, 9.17) is 0 Å². The molecule has 4 aromatic rings. The number of nitrogens with one attached hydrogen (secondary N) is 2. The number of benzene rings is 2. The summed E-state index contributed by atoms with van der Waals surface area (Å²) in [7, 11) is 1.56. The van der Waals surface area contributed by atoms with E-state index in [2.05, 4.69) is 15.6 Å². The van der Waals surface area contributed by atoms with Gasteiger partial charge >= 0.3 is 5.97 Å². The summed E-state index contributed by atoms with van der Waals surface area (Å²) >= 11 is 0. The van der Waals surface area contributed by atoms with Crippen molar-refractivity contribution in [2.75, 3.05) is 7.05 Å². The number of amides is 2. The van der Waals surface area contributed by atoms with Crippen molar-refractivity contribution in [2.24, 2.45) is 5.92 Å². The smallest absolute Gasteiger partial charge is 0.306 e. The number of rotatable bonds is 7. The number of aromatic nitrogens is 2. The second-order valence-corrected chi connectivity index (χ2v) is 9.87. The molecule has 1 aliphatic rings. The lowest BCUT2D eigenvalue weighted by Crippen LogP contribution is -2.38. The summed E-state index contributed by atoms with van der Waals surface area (Å²) in [5.41, 5.74) is 4.03. The van der Waals surface area contributed by atoms with Crippen molar-refractivity contribution in [2.45, 2.75) is 38.3 Å². The lowest BCUT2D eigenvalue weighted by Gasteiger charge is -2.27. The minimum atomic E-state index is -0.790. The second kappa shape index (κ2) is 11.1. The molecule has 5 rings (SSSR count). The highest BCUT2D eigenvalue weighted by Crippen LogP contribution is 2.28. The molecule has 0 bridgehead atoms. The molecule has 8 nitrogen and oxygen atoms in total. The van der Waals surface area contributed by atoms with Crippen LogP contribution >= 0.6 is 0 Å². The summed E-state index contributed by atoms with van der Waals surface area (Å²) in [5.74, 6) is -2.09. The molecule has 1 fully saturated rings. The van der Waals surface area contributed by atoms with Gasteiger partial charge in [-0.05, 0) is 61.1 Å². The van der Waals surface area contributed by atoms with Gasteiger partial charge in [0.25, 0.3) is 11.8 Å². The first-order chi connectivity index (χ1) is 18.8. The average Bonchev–Trinajstić information content (AvgIpc) is 3.38. The van der Waals surface area contributed by atoms with Crippen molar-refractivity contribution >= 4 is 28.7 Å². The molecule has 0 unspecified atom stereocenters. The number of carbonyl (C=O) groups is 3. The van der Waals surface area contributed by atoms with Gasteiger partial charge < -0.3 is 20.3 Å². The Kier molecular flexibility index (Phi) is 7.40. The molecule has 2 aromatic heterocycles. The molecule has 2 aromatic carbocycles. The molecule has 9 heteroatoms. The highest BCUT2D eigenvalue weighted by molar-refractivity contribution is 6.06. The number of halogens is 1. The monoisotopic (exact) mass is 528 g/mol. The van der Waals surface area contributed by atoms with Gasteiger partial charge in [0.2, 0.25) is 0 Å². The number of aliphatic carboxylic acids is 1. The zero-order chi connectivity index (χ0) is 27.5. The van der Waals surface area contributed by atoms with Crippen molar-refractivity contribution in [1.29, 1.82) is 0 Å². The van der Waals surface area contributed by atoms with Gasteiger partial charge in [-0.3, -0.25) is 19.4 Å². The quantitative estimate of drug-likeness (QED) is 0.324. The number of hydrogen-bond donors (Lipinski definition) is 3. The molecular weight excluding hydrogens is 499 g/mol. The van der Waals surface area contributed by atoms with E-state index in [1.54, 1.807) is 31.6 Å². The molecule has 200 valence electrons. The Hall–Kier alpha value is -4.53. The van der Waals surface area contributed by atoms with Gasteiger partial charge in [0.15, 0.2) is 0 Å². The molecule has 2 amide bonds. The van der Waals surface area contributed by atoms with Crippen LogP contribution in [0.3, 0.4) is 0 Å². The van der Waals surface area contributed by atoms with Gasteiger partial charge in [-0.1, -0.05) is 30.3 Å². The molecule has 39 heavy (non-hydrogen) atoms. The van der Waals surface area contributed by atoms with E-state index < -0.39 is 11.8 Å². The number of carboxylic acid groups (broad SMARTS) is 1. The third-order valence-electron chi connectivity index (χ3n) is 7.39. The molecular formula is C30H29FN4O4. The third kappa shape index (κ3) is 5.52. The number of pyridine rings is 1. The minimum absolute atomic E-state index is 0.107. The Bertz CT molecular complexity index is 1520. The molecule has 0 saturated heterocycles. The summed E-state index contributed by atoms with van der Waals surface area (Å²) in [5, 5.41) is 15.2. The van der Waals surface area contributed by atoms with Crippen molar-refractivity contribution in [1.82, 2.24) is 20.2 Å². The maximum Gasteiger partial charge on any atom is 0.306 e. The van der Waals surface area contributed by atoms with Crippen molar-refractivity contribution in [3.05, 3.63) is 89.6 Å². The van der Waals surface area contributed by atoms with Crippen LogP contribution in [0.2, 0.25) is 0 Å². The Morgan fingerprint density at radius 3 is 2.31 bits per heavy atom. The Morgan fingerprint density at radius 1 is 0.949 bits per heavy atom. The lowest BCUT2D eigenvalue weighted by atomic mass is 9.86. The van der Waals surface area contributed by atoms with Crippen molar-refractivity contribution < 1.29 is 23.9 Å². The molecule has 3 N–H and O–H groups in total. The molecule has 2 heterocycles. The van der Waals surface area contributed by atoms with Crippen LogP contribution in [0.4, 0.5) is 4.39 Å². The van der Waals surface area contributed by atoms with Crippen LogP contribution < -0.4 is 10.6 Å². The summed E-state index contributed by atoms with van der Waals surface area (Å²) < 4.78 is 16.5. The van der Waals surface area contributed by atoms with E-state index in [1.807, 2.05) is 34.9 Å². The predicted molar refractivity (Wildman–Crippen MR) is 145 cm³/mol. The normalized spacial score (nSPS) is 17.1. The molecule has 0 aliphatic heterocycles. The Morgan fingerprint density at radius 2 is 1.67 bits per heavy atom. The first-order valence-corrected chi connectivity index (χ1v) is 12.9. The topological polar surface area (TPSA) is 113 Å². The van der Waals surface area contributed by atoms with Crippen LogP contribution in [-0.4, -0.2) is 45.5 Å². The van der Waals surface area contributed by atoms with E-state index in [0.29, 0.717) is 54.4 Å². The Balaban J connectivity index is 1.34. The van der Waals surface area contributed by atoms with Crippen LogP contribution in [0.25, 0.3) is 22.0 Å². The van der Waals surface area contributed by atoms with Crippen LogP contribution in [-0.2, 0) is 11.3 Å². The lowest BCUT2D eigenvalue weighted by molar-refractivity contribution is -0.142. The zero-order valence-corrected chi connectivity index (χ0v) is 21.5. The summed E-state index contributed by atoms with van der Waals surface area (Å²) in [4.78, 5) is 40.4. The first-order valence-electron chi connectivity index (χ1n) is 12.9. The maximum absolute atomic E-state index is 14.7. The van der Waals surface area contributed by atoms with E-state index in [0.717, 1.165) is 16.7 Å². The number of hydrogen-bond acceptors (Lipinski definition) is 4. The second-order valence-electron chi connectivity index (χ2n) is 9.87. The van der Waals surface area contributed by atoms with Crippen LogP contribution in [0, 0.1) is 11.7 Å². The molecule has 1 aliphatic carbocycles. The largest absolute Gasteiger partial charge is 0.481 e. The van der Waals surface area contributed by atoms with Crippen LogP contribution in [0.5, 0.6) is 0 Å². The highest BCUT2D eigenvalue weighted by Gasteiger charge is 2.27. The van der Waals surface area contributed by atoms with Crippen LogP contribution in [0.15, 0.2) is 67.0 Å². The van der Waals surface area contributed by atoms with Gasteiger partial charge in [0.05, 0.1) is 17.0 Å². The van der Waals surface area contributed by atoms with Gasteiger partial charge in [0.1, 0.15) is 11.5 Å². The average molecular weight is 529 g/mol. The summed E-state index contributed by atoms with van der Waals surface area (Å²) in [6, 6.07) is 15.7. The zero-order valence-electron chi connectivity index (χ0n) is 21.5. The number of carbonyl (C=O) groups excluding carboxylic acids is 2. The number of carboxylic acids is 1. The highest BCUT2D eigenvalue weighted by atomic mass is 19.1. The van der Waals surface area contributed by atoms with E-state index in [-0.39, 0.29) is 23.8 Å². The van der Waals surface area contributed by atoms with Crippen molar-refractivity contribution in [3.8, 4) is 11.1 Å². The maximum atomic E-state index is 14.7. The predicted octanol–water partition coefficient (Wildman–Crippen LogP) is 4.62. The fourth-order valence-electron chi connectivity index (χ4n) is 5.18. The minimum Gasteiger partial charge on any atom is -0.481 e. The third-order valence-corrected chi connectivity index (χ3v) is 7.39. The molecule has 0 atom stereocenters. The fraction of sp³-hybridized carbons (Fsp3) is 0.267. The van der Waals surface area contributed by atoms with E-state index in [1.165, 1.54) is 12.1 Å². The van der Waals surface area contributed by atoms with E-state index in [9.17, 15) is 23.9 Å². The summed E-state index contributed by atoms with van der Waals surface area (Å²) in [6.07, 6.45) is 5.69.